The number of rotatable bonds is 4. The molecule has 0 aliphatic rings. The van der Waals surface area contributed by atoms with Gasteiger partial charge in [0.2, 0.25) is 0 Å². The van der Waals surface area contributed by atoms with E-state index in [1.165, 1.54) is 0 Å². The van der Waals surface area contributed by atoms with Crippen molar-refractivity contribution in [2.75, 3.05) is 0 Å². The SMILES string of the molecule is Cc1c(C(=O)OC(C)C)cc2cc(-c3nccs3)cn2c1C(C)N. The van der Waals surface area contributed by atoms with E-state index in [9.17, 15) is 4.79 Å². The van der Waals surface area contributed by atoms with Crippen LogP contribution in [0.2, 0.25) is 0 Å². The van der Waals surface area contributed by atoms with E-state index in [4.69, 9.17) is 10.5 Å². The number of ether oxygens (including phenoxy) is 1. The summed E-state index contributed by atoms with van der Waals surface area (Å²) in [6, 6.07) is 3.68. The summed E-state index contributed by atoms with van der Waals surface area (Å²) in [4.78, 5) is 16.8. The molecule has 0 spiro atoms. The molecule has 1 atom stereocenters. The van der Waals surface area contributed by atoms with Crippen LogP contribution in [0.15, 0.2) is 29.9 Å². The van der Waals surface area contributed by atoms with Gasteiger partial charge in [-0.2, -0.15) is 0 Å². The lowest BCUT2D eigenvalue weighted by Gasteiger charge is -2.17. The van der Waals surface area contributed by atoms with Crippen molar-refractivity contribution in [3.63, 3.8) is 0 Å². The van der Waals surface area contributed by atoms with E-state index < -0.39 is 0 Å². The maximum Gasteiger partial charge on any atom is 0.338 e. The Bertz CT molecular complexity index is 879. The fourth-order valence-electron chi connectivity index (χ4n) is 2.91. The first-order valence-corrected chi connectivity index (χ1v) is 8.78. The molecule has 3 rings (SSSR count). The van der Waals surface area contributed by atoms with Gasteiger partial charge in [0.05, 0.1) is 11.7 Å². The minimum absolute atomic E-state index is 0.162. The number of aromatic nitrogens is 2. The fourth-order valence-corrected chi connectivity index (χ4v) is 3.53. The molecule has 3 heterocycles. The van der Waals surface area contributed by atoms with Gasteiger partial charge in [0, 0.05) is 40.6 Å². The molecule has 5 nitrogen and oxygen atoms in total. The predicted octanol–water partition coefficient (Wildman–Crippen LogP) is 3.96. The zero-order valence-electron chi connectivity index (χ0n) is 14.2. The number of nitrogens with zero attached hydrogens (tertiary/aromatic N) is 2. The van der Waals surface area contributed by atoms with Crippen LogP contribution in [0.25, 0.3) is 16.1 Å². The van der Waals surface area contributed by atoms with Crippen LogP contribution in [-0.4, -0.2) is 21.5 Å². The van der Waals surface area contributed by atoms with Gasteiger partial charge in [-0.25, -0.2) is 9.78 Å². The maximum absolute atomic E-state index is 12.4. The van der Waals surface area contributed by atoms with Crippen molar-refractivity contribution in [2.45, 2.75) is 39.8 Å². The van der Waals surface area contributed by atoms with Gasteiger partial charge < -0.3 is 14.9 Å². The minimum Gasteiger partial charge on any atom is -0.459 e. The van der Waals surface area contributed by atoms with Gasteiger partial charge in [-0.05, 0) is 45.4 Å². The smallest absolute Gasteiger partial charge is 0.338 e. The fraction of sp³-hybridized carbons (Fsp3) is 0.333. The molecule has 3 aromatic heterocycles. The molecule has 0 aliphatic heterocycles. The molecule has 6 heteroatoms. The van der Waals surface area contributed by atoms with Crippen LogP contribution in [0.3, 0.4) is 0 Å². The van der Waals surface area contributed by atoms with Crippen molar-refractivity contribution >= 4 is 22.8 Å². The second-order valence-electron chi connectivity index (χ2n) is 6.17. The minimum atomic E-state index is -0.316. The molecular weight excluding hydrogens is 322 g/mol. The maximum atomic E-state index is 12.4. The van der Waals surface area contributed by atoms with E-state index in [0.29, 0.717) is 5.56 Å². The average molecular weight is 343 g/mol. The second kappa shape index (κ2) is 6.37. The van der Waals surface area contributed by atoms with E-state index in [1.54, 1.807) is 17.5 Å². The Morgan fingerprint density at radius 1 is 1.33 bits per heavy atom. The standard InChI is InChI=1S/C18H21N3O2S/c1-10(2)23-18(22)15-8-14-7-13(17-20-5-6-24-17)9-21(14)16(11(15)3)12(4)19/h5-10,12H,19H2,1-4H3. The third kappa shape index (κ3) is 2.95. The molecular formula is C18H21N3O2S. The molecule has 0 bridgehead atoms. The topological polar surface area (TPSA) is 69.6 Å². The van der Waals surface area contributed by atoms with Crippen LogP contribution >= 0.6 is 11.3 Å². The van der Waals surface area contributed by atoms with Crippen molar-refractivity contribution in [3.05, 3.63) is 46.7 Å². The largest absolute Gasteiger partial charge is 0.459 e. The molecule has 3 aromatic rings. The van der Waals surface area contributed by atoms with Gasteiger partial charge in [0.25, 0.3) is 0 Å². The molecule has 0 saturated carbocycles. The van der Waals surface area contributed by atoms with Crippen LogP contribution in [0.4, 0.5) is 0 Å². The number of esters is 1. The number of carbonyl (C=O) groups is 1. The van der Waals surface area contributed by atoms with Crippen molar-refractivity contribution < 1.29 is 9.53 Å². The van der Waals surface area contributed by atoms with Crippen LogP contribution in [0, 0.1) is 6.92 Å². The monoisotopic (exact) mass is 343 g/mol. The van der Waals surface area contributed by atoms with Gasteiger partial charge in [0.1, 0.15) is 5.01 Å². The highest BCUT2D eigenvalue weighted by Crippen LogP contribution is 2.30. The summed E-state index contributed by atoms with van der Waals surface area (Å²) in [5.74, 6) is -0.316. The van der Waals surface area contributed by atoms with Crippen LogP contribution < -0.4 is 5.73 Å². The lowest BCUT2D eigenvalue weighted by molar-refractivity contribution is 0.0377. The number of carbonyl (C=O) groups excluding carboxylic acids is 1. The Hall–Kier alpha value is -2.18. The zero-order valence-corrected chi connectivity index (χ0v) is 15.1. The van der Waals surface area contributed by atoms with Crippen LogP contribution in [-0.2, 0) is 4.74 Å². The molecule has 24 heavy (non-hydrogen) atoms. The highest BCUT2D eigenvalue weighted by atomic mass is 32.1. The first-order chi connectivity index (χ1) is 11.4. The Morgan fingerprint density at radius 3 is 2.67 bits per heavy atom. The van der Waals surface area contributed by atoms with Gasteiger partial charge in [0.15, 0.2) is 0 Å². The summed E-state index contributed by atoms with van der Waals surface area (Å²) in [7, 11) is 0. The Labute approximate surface area is 145 Å². The highest BCUT2D eigenvalue weighted by molar-refractivity contribution is 7.13. The van der Waals surface area contributed by atoms with Crippen LogP contribution in [0.1, 0.15) is 48.4 Å². The first-order valence-electron chi connectivity index (χ1n) is 7.90. The van der Waals surface area contributed by atoms with E-state index in [1.807, 2.05) is 55.8 Å². The number of fused-ring (bicyclic) bond motifs is 1. The second-order valence-corrected chi connectivity index (χ2v) is 7.07. The molecule has 0 aromatic carbocycles. The van der Waals surface area contributed by atoms with Crippen molar-refractivity contribution in [3.8, 4) is 10.6 Å². The lowest BCUT2D eigenvalue weighted by Crippen LogP contribution is -2.18. The Morgan fingerprint density at radius 2 is 2.08 bits per heavy atom. The molecule has 0 aliphatic carbocycles. The number of hydrogen-bond acceptors (Lipinski definition) is 5. The Kier molecular flexibility index (Phi) is 4.43. The summed E-state index contributed by atoms with van der Waals surface area (Å²) < 4.78 is 7.43. The van der Waals surface area contributed by atoms with E-state index in [2.05, 4.69) is 4.98 Å². The number of pyridine rings is 1. The van der Waals surface area contributed by atoms with E-state index in [0.717, 1.165) is 27.3 Å². The quantitative estimate of drug-likeness (QED) is 0.728. The normalized spacial score (nSPS) is 12.8. The van der Waals surface area contributed by atoms with Crippen molar-refractivity contribution in [1.29, 1.82) is 0 Å². The van der Waals surface area contributed by atoms with Gasteiger partial charge in [-0.15, -0.1) is 11.3 Å². The molecule has 126 valence electrons. The molecule has 0 radical (unpaired) electrons. The third-order valence-electron chi connectivity index (χ3n) is 3.86. The summed E-state index contributed by atoms with van der Waals surface area (Å²) in [5.41, 5.74) is 10.4. The predicted molar refractivity (Wildman–Crippen MR) is 96.4 cm³/mol. The number of hydrogen-bond donors (Lipinski definition) is 1. The molecule has 2 N–H and O–H groups in total. The Balaban J connectivity index is 2.21. The molecule has 0 fully saturated rings. The van der Waals surface area contributed by atoms with Gasteiger partial charge in [-0.3, -0.25) is 0 Å². The van der Waals surface area contributed by atoms with Crippen molar-refractivity contribution in [2.24, 2.45) is 5.73 Å². The van der Waals surface area contributed by atoms with Crippen molar-refractivity contribution in [1.82, 2.24) is 9.38 Å². The number of nitrogens with two attached hydrogens (primary N) is 1. The van der Waals surface area contributed by atoms with E-state index >= 15 is 0 Å². The molecule has 1 unspecified atom stereocenters. The van der Waals surface area contributed by atoms with Gasteiger partial charge >= 0.3 is 5.97 Å². The lowest BCUT2D eigenvalue weighted by atomic mass is 10.0. The third-order valence-corrected chi connectivity index (χ3v) is 4.69. The van der Waals surface area contributed by atoms with Crippen LogP contribution in [0.5, 0.6) is 0 Å². The molecule has 0 amide bonds. The summed E-state index contributed by atoms with van der Waals surface area (Å²) in [5, 5.41) is 2.89. The first kappa shape index (κ1) is 16.7. The summed E-state index contributed by atoms with van der Waals surface area (Å²) in [6.07, 6.45) is 3.65. The van der Waals surface area contributed by atoms with Gasteiger partial charge in [-0.1, -0.05) is 0 Å². The average Bonchev–Trinajstić information content (AvgIpc) is 3.13. The molecule has 0 saturated heterocycles. The highest BCUT2D eigenvalue weighted by Gasteiger charge is 2.20. The summed E-state index contributed by atoms with van der Waals surface area (Å²) >= 11 is 1.58. The zero-order chi connectivity index (χ0) is 17.4. The van der Waals surface area contributed by atoms with E-state index in [-0.39, 0.29) is 18.1 Å². The summed E-state index contributed by atoms with van der Waals surface area (Å²) in [6.45, 7) is 7.52. The number of thiazole rings is 1.